The maximum Gasteiger partial charge on any atom is 0.223 e. The zero-order chi connectivity index (χ0) is 15.9. The minimum atomic E-state index is 0.180. The molecule has 0 spiro atoms. The van der Waals surface area contributed by atoms with Crippen molar-refractivity contribution in [2.45, 2.75) is 45.6 Å². The first-order chi connectivity index (χ1) is 10.6. The summed E-state index contributed by atoms with van der Waals surface area (Å²) in [4.78, 5) is 14.6. The molecule has 1 aromatic carbocycles. The molecule has 3 nitrogen and oxygen atoms in total. The zero-order valence-corrected chi connectivity index (χ0v) is 14.4. The summed E-state index contributed by atoms with van der Waals surface area (Å²) in [6.07, 6.45) is 4.08. The van der Waals surface area contributed by atoms with Crippen LogP contribution in [0.15, 0.2) is 24.3 Å². The molecule has 1 aromatic rings. The van der Waals surface area contributed by atoms with Crippen molar-refractivity contribution < 1.29 is 4.79 Å². The van der Waals surface area contributed by atoms with Crippen molar-refractivity contribution in [3.8, 4) is 0 Å². The molecule has 1 N–H and O–H groups in total. The maximum absolute atomic E-state index is 12.1. The van der Waals surface area contributed by atoms with E-state index in [1.54, 1.807) is 0 Å². The highest BCUT2D eigenvalue weighted by atomic mass is 35.5. The van der Waals surface area contributed by atoms with Gasteiger partial charge in [0.05, 0.1) is 0 Å². The minimum Gasteiger partial charge on any atom is -0.356 e. The van der Waals surface area contributed by atoms with E-state index in [2.05, 4.69) is 30.1 Å². The van der Waals surface area contributed by atoms with Gasteiger partial charge in [-0.3, -0.25) is 9.69 Å². The molecule has 0 radical (unpaired) electrons. The first-order valence-electron chi connectivity index (χ1n) is 8.39. The molecule has 122 valence electrons. The number of amides is 1. The molecule has 0 unspecified atom stereocenters. The van der Waals surface area contributed by atoms with E-state index >= 15 is 0 Å². The number of halogens is 1. The Labute approximate surface area is 139 Å². The van der Waals surface area contributed by atoms with E-state index in [1.807, 2.05) is 18.2 Å². The van der Waals surface area contributed by atoms with Crippen LogP contribution in [0.5, 0.6) is 0 Å². The summed E-state index contributed by atoms with van der Waals surface area (Å²) in [5.74, 6) is 0.420. The van der Waals surface area contributed by atoms with Crippen molar-refractivity contribution >= 4 is 17.5 Å². The fourth-order valence-electron chi connectivity index (χ4n) is 3.06. The predicted molar refractivity (Wildman–Crippen MR) is 92.1 cm³/mol. The standard InChI is InChI=1S/C18H27ClN2O/c1-3-4-10-20-18(22)15-8-11-21(12-9-15)14(2)16-6-5-7-17(19)13-16/h5-7,13-15H,3-4,8-12H2,1-2H3,(H,20,22)/t14-/m1/s1. The van der Waals surface area contributed by atoms with Gasteiger partial charge in [0.25, 0.3) is 0 Å². The van der Waals surface area contributed by atoms with Crippen LogP contribution < -0.4 is 5.32 Å². The molecule has 0 bridgehead atoms. The molecule has 1 saturated heterocycles. The zero-order valence-electron chi connectivity index (χ0n) is 13.6. The van der Waals surface area contributed by atoms with Crippen LogP contribution in [0.2, 0.25) is 5.02 Å². The number of likely N-dealkylation sites (tertiary alicyclic amines) is 1. The lowest BCUT2D eigenvalue weighted by Gasteiger charge is -2.35. The SMILES string of the molecule is CCCCNC(=O)C1CCN([C@H](C)c2cccc(Cl)c2)CC1. The molecule has 0 saturated carbocycles. The summed E-state index contributed by atoms with van der Waals surface area (Å²) in [5.41, 5.74) is 1.25. The fraction of sp³-hybridized carbons (Fsp3) is 0.611. The number of carbonyl (C=O) groups excluding carboxylic acids is 1. The van der Waals surface area contributed by atoms with Gasteiger partial charge < -0.3 is 5.32 Å². The molecule has 1 heterocycles. The second kappa shape index (κ2) is 8.54. The monoisotopic (exact) mass is 322 g/mol. The van der Waals surface area contributed by atoms with E-state index in [9.17, 15) is 4.79 Å². The van der Waals surface area contributed by atoms with Crippen LogP contribution in [0.4, 0.5) is 0 Å². The second-order valence-electron chi connectivity index (χ2n) is 6.19. The Bertz CT molecular complexity index is 484. The molecular weight excluding hydrogens is 296 g/mol. The van der Waals surface area contributed by atoms with Gasteiger partial charge in [0.2, 0.25) is 5.91 Å². The van der Waals surface area contributed by atoms with Crippen molar-refractivity contribution in [1.82, 2.24) is 10.2 Å². The molecule has 22 heavy (non-hydrogen) atoms. The van der Waals surface area contributed by atoms with Gasteiger partial charge >= 0.3 is 0 Å². The summed E-state index contributed by atoms with van der Waals surface area (Å²) in [6, 6.07) is 8.42. The summed E-state index contributed by atoms with van der Waals surface area (Å²) in [5, 5.41) is 3.85. The van der Waals surface area contributed by atoms with E-state index in [-0.39, 0.29) is 11.8 Å². The molecule has 2 rings (SSSR count). The first kappa shape index (κ1) is 17.3. The smallest absolute Gasteiger partial charge is 0.223 e. The maximum atomic E-state index is 12.1. The van der Waals surface area contributed by atoms with Crippen molar-refractivity contribution in [3.63, 3.8) is 0 Å². The third-order valence-corrected chi connectivity index (χ3v) is 4.84. The van der Waals surface area contributed by atoms with Gasteiger partial charge in [0, 0.05) is 23.5 Å². The molecule has 1 aliphatic heterocycles. The highest BCUT2D eigenvalue weighted by Crippen LogP contribution is 2.27. The van der Waals surface area contributed by atoms with Gasteiger partial charge in [-0.05, 0) is 57.0 Å². The van der Waals surface area contributed by atoms with Gasteiger partial charge in [-0.25, -0.2) is 0 Å². The Morgan fingerprint density at radius 3 is 2.77 bits per heavy atom. The highest BCUT2D eigenvalue weighted by molar-refractivity contribution is 6.30. The second-order valence-corrected chi connectivity index (χ2v) is 6.62. The lowest BCUT2D eigenvalue weighted by Crippen LogP contribution is -2.41. The Morgan fingerprint density at radius 2 is 2.14 bits per heavy atom. The van der Waals surface area contributed by atoms with E-state index in [4.69, 9.17) is 11.6 Å². The molecule has 1 aliphatic rings. The van der Waals surface area contributed by atoms with Gasteiger partial charge in [-0.15, -0.1) is 0 Å². The van der Waals surface area contributed by atoms with Gasteiger partial charge in [0.1, 0.15) is 0 Å². The molecule has 4 heteroatoms. The quantitative estimate of drug-likeness (QED) is 0.802. The lowest BCUT2D eigenvalue weighted by atomic mass is 9.94. The topological polar surface area (TPSA) is 32.3 Å². The molecule has 1 amide bonds. The van der Waals surface area contributed by atoms with Crippen LogP contribution in [-0.2, 0) is 4.79 Å². The number of hydrogen-bond acceptors (Lipinski definition) is 2. The summed E-state index contributed by atoms with van der Waals surface area (Å²) < 4.78 is 0. The number of nitrogens with one attached hydrogen (secondary N) is 1. The van der Waals surface area contributed by atoms with Crippen molar-refractivity contribution in [1.29, 1.82) is 0 Å². The van der Waals surface area contributed by atoms with Crippen LogP contribution in [0, 0.1) is 5.92 Å². The molecule has 1 atom stereocenters. The molecular formula is C18H27ClN2O. The van der Waals surface area contributed by atoms with Crippen molar-refractivity contribution in [2.75, 3.05) is 19.6 Å². The number of hydrogen-bond donors (Lipinski definition) is 1. The summed E-state index contributed by atoms with van der Waals surface area (Å²) >= 11 is 6.08. The molecule has 0 aliphatic carbocycles. The van der Waals surface area contributed by atoms with Crippen molar-refractivity contribution in [3.05, 3.63) is 34.9 Å². The van der Waals surface area contributed by atoms with Crippen molar-refractivity contribution in [2.24, 2.45) is 5.92 Å². The number of nitrogens with zero attached hydrogens (tertiary/aromatic N) is 1. The van der Waals surface area contributed by atoms with Crippen LogP contribution >= 0.6 is 11.6 Å². The third kappa shape index (κ3) is 4.72. The van der Waals surface area contributed by atoms with Crippen LogP contribution in [0.25, 0.3) is 0 Å². The Morgan fingerprint density at radius 1 is 1.41 bits per heavy atom. The Kier molecular flexibility index (Phi) is 6.71. The van der Waals surface area contributed by atoms with Crippen LogP contribution in [-0.4, -0.2) is 30.4 Å². The van der Waals surface area contributed by atoms with E-state index in [1.165, 1.54) is 5.56 Å². The van der Waals surface area contributed by atoms with Crippen LogP contribution in [0.1, 0.15) is 51.1 Å². The lowest BCUT2D eigenvalue weighted by molar-refractivity contribution is -0.126. The van der Waals surface area contributed by atoms with E-state index < -0.39 is 0 Å². The number of rotatable bonds is 6. The normalized spacial score (nSPS) is 18.1. The fourth-order valence-corrected chi connectivity index (χ4v) is 3.26. The average Bonchev–Trinajstić information content (AvgIpc) is 2.54. The van der Waals surface area contributed by atoms with Gasteiger partial charge in [-0.2, -0.15) is 0 Å². The summed E-state index contributed by atoms with van der Waals surface area (Å²) in [7, 11) is 0. The predicted octanol–water partition coefficient (Wildman–Crippen LogP) is 4.03. The molecule has 0 aromatic heterocycles. The first-order valence-corrected chi connectivity index (χ1v) is 8.76. The van der Waals surface area contributed by atoms with Gasteiger partial charge in [-0.1, -0.05) is 37.1 Å². The molecule has 1 fully saturated rings. The van der Waals surface area contributed by atoms with E-state index in [0.717, 1.165) is 50.3 Å². The third-order valence-electron chi connectivity index (χ3n) is 4.61. The van der Waals surface area contributed by atoms with Crippen LogP contribution in [0.3, 0.4) is 0 Å². The number of piperidine rings is 1. The number of benzene rings is 1. The van der Waals surface area contributed by atoms with Gasteiger partial charge in [0.15, 0.2) is 0 Å². The highest BCUT2D eigenvalue weighted by Gasteiger charge is 2.27. The number of unbranched alkanes of at least 4 members (excludes halogenated alkanes) is 1. The Hall–Kier alpha value is -1.06. The summed E-state index contributed by atoms with van der Waals surface area (Å²) in [6.45, 7) is 7.11. The Balaban J connectivity index is 1.82. The number of carbonyl (C=O) groups is 1. The average molecular weight is 323 g/mol. The van der Waals surface area contributed by atoms with E-state index in [0.29, 0.717) is 6.04 Å². The largest absolute Gasteiger partial charge is 0.356 e. The minimum absolute atomic E-state index is 0.180.